The molecule has 0 amide bonds. The maximum atomic E-state index is 5.32. The van der Waals surface area contributed by atoms with Gasteiger partial charge in [-0.1, -0.05) is 41.5 Å². The minimum absolute atomic E-state index is 0.753. The van der Waals surface area contributed by atoms with E-state index in [-0.39, 0.29) is 0 Å². The molecular weight excluding hydrogens is 246 g/mol. The summed E-state index contributed by atoms with van der Waals surface area (Å²) >= 11 is 0. The second-order valence-corrected chi connectivity index (χ2v) is 4.35. The van der Waals surface area contributed by atoms with E-state index in [1.807, 2.05) is 47.5 Å². The van der Waals surface area contributed by atoms with Gasteiger partial charge in [0.1, 0.15) is 0 Å². The zero-order chi connectivity index (χ0) is 14.2. The van der Waals surface area contributed by atoms with Crippen molar-refractivity contribution in [3.63, 3.8) is 0 Å². The number of hydrogen-bond donors (Lipinski definition) is 0. The first-order valence-electron chi connectivity index (χ1n) is 6.59. The van der Waals surface area contributed by atoms with Crippen molar-refractivity contribution in [2.75, 3.05) is 6.54 Å². The van der Waals surface area contributed by atoms with Gasteiger partial charge in [-0.15, -0.1) is 11.5 Å². The largest absolute Gasteiger partial charge is 0.274 e. The van der Waals surface area contributed by atoms with Crippen LogP contribution in [0.2, 0.25) is 0 Å². The van der Waals surface area contributed by atoms with E-state index in [9.17, 15) is 0 Å². The third kappa shape index (κ3) is 3.96. The maximum Gasteiger partial charge on any atom is 0.0875 e. The van der Waals surface area contributed by atoms with Crippen molar-refractivity contribution in [2.24, 2.45) is 10.3 Å². The van der Waals surface area contributed by atoms with E-state index >= 15 is 0 Å². The van der Waals surface area contributed by atoms with Gasteiger partial charge in [0.2, 0.25) is 0 Å². The van der Waals surface area contributed by atoms with E-state index in [4.69, 9.17) is 6.42 Å². The van der Waals surface area contributed by atoms with Crippen LogP contribution in [0, 0.1) is 12.3 Å². The molecule has 0 bridgehead atoms. The number of rotatable bonds is 5. The second-order valence-electron chi connectivity index (χ2n) is 4.35. The lowest BCUT2D eigenvalue weighted by Gasteiger charge is -2.15. The van der Waals surface area contributed by atoms with Crippen LogP contribution in [0.25, 0.3) is 0 Å². The topological polar surface area (TPSA) is 28.0 Å². The molecule has 0 aromatic heterocycles. The number of hydrogen-bond acceptors (Lipinski definition) is 2. The molecule has 2 rings (SSSR count). The van der Waals surface area contributed by atoms with Gasteiger partial charge in [0.25, 0.3) is 0 Å². The molecule has 0 spiro atoms. The maximum absolute atomic E-state index is 5.32. The minimum Gasteiger partial charge on any atom is -0.274 e. The summed E-state index contributed by atoms with van der Waals surface area (Å²) in [6.07, 6.45) is 5.32. The molecule has 2 aromatic rings. The Kier molecular flexibility index (Phi) is 4.91. The number of benzene rings is 2. The van der Waals surface area contributed by atoms with Gasteiger partial charge in [0, 0.05) is 12.1 Å². The molecule has 0 aliphatic rings. The Hall–Kier alpha value is -2.60. The van der Waals surface area contributed by atoms with E-state index in [2.05, 4.69) is 35.3 Å². The molecule has 0 aliphatic carbocycles. The van der Waals surface area contributed by atoms with Gasteiger partial charge in [-0.2, -0.15) is 0 Å². The van der Waals surface area contributed by atoms with Crippen LogP contribution in [0.3, 0.4) is 0 Å². The summed E-state index contributed by atoms with van der Waals surface area (Å²) < 4.78 is 0. The summed E-state index contributed by atoms with van der Waals surface area (Å²) in [5.41, 5.74) is 2.87. The van der Waals surface area contributed by atoms with E-state index < -0.39 is 0 Å². The molecule has 100 valence electrons. The van der Waals surface area contributed by atoms with Crippen LogP contribution in [0.4, 0.5) is 5.69 Å². The summed E-state index contributed by atoms with van der Waals surface area (Å²) in [5.74, 6) is 2.58. The molecule has 3 heteroatoms. The summed E-state index contributed by atoms with van der Waals surface area (Å²) in [6, 6.07) is 17.7. The first-order valence-corrected chi connectivity index (χ1v) is 6.59. The van der Waals surface area contributed by atoms with Crippen molar-refractivity contribution in [1.82, 2.24) is 5.01 Å². The van der Waals surface area contributed by atoms with Crippen molar-refractivity contribution in [3.05, 3.63) is 65.7 Å². The quantitative estimate of drug-likeness (QED) is 0.451. The predicted octanol–water partition coefficient (Wildman–Crippen LogP) is 4.19. The Morgan fingerprint density at radius 3 is 2.35 bits per heavy atom. The fourth-order valence-corrected chi connectivity index (χ4v) is 1.74. The zero-order valence-corrected chi connectivity index (χ0v) is 11.5. The Morgan fingerprint density at radius 2 is 1.75 bits per heavy atom. The summed E-state index contributed by atoms with van der Waals surface area (Å²) in [4.78, 5) is 0. The molecule has 0 N–H and O–H groups in total. The highest BCUT2D eigenvalue weighted by atomic mass is 15.5. The zero-order valence-electron chi connectivity index (χ0n) is 11.5. The normalized spacial score (nSPS) is 10.4. The lowest BCUT2D eigenvalue weighted by molar-refractivity contribution is 0.276. The Balaban J connectivity index is 2.02. The van der Waals surface area contributed by atoms with Gasteiger partial charge < -0.3 is 0 Å². The first-order chi connectivity index (χ1) is 9.81. The highest BCUT2D eigenvalue weighted by Crippen LogP contribution is 2.14. The van der Waals surface area contributed by atoms with Crippen molar-refractivity contribution in [3.8, 4) is 12.3 Å². The Labute approximate surface area is 119 Å². The molecule has 0 saturated carbocycles. The summed E-state index contributed by atoms with van der Waals surface area (Å²) in [5, 5.41) is 10.4. The third-order valence-electron chi connectivity index (χ3n) is 2.89. The highest BCUT2D eigenvalue weighted by Gasteiger charge is 2.00. The molecule has 0 heterocycles. The van der Waals surface area contributed by atoms with E-state index in [1.165, 1.54) is 5.56 Å². The van der Waals surface area contributed by atoms with Gasteiger partial charge in [-0.25, -0.2) is 0 Å². The van der Waals surface area contributed by atoms with Crippen LogP contribution >= 0.6 is 0 Å². The summed E-state index contributed by atoms with van der Waals surface area (Å²) in [7, 11) is 0. The van der Waals surface area contributed by atoms with Gasteiger partial charge in [-0.3, -0.25) is 5.01 Å². The monoisotopic (exact) mass is 263 g/mol. The fourth-order valence-electron chi connectivity index (χ4n) is 1.74. The molecule has 2 aromatic carbocycles. The smallest absolute Gasteiger partial charge is 0.0875 e. The standard InChI is InChI=1S/C17H17N3/c1-3-15-10-12-17(13-11-15)18-19-20(4-2)14-16-8-6-5-7-9-16/h1,5-13H,4,14H2,2H3. The van der Waals surface area contributed by atoms with Crippen LogP contribution in [0.1, 0.15) is 18.1 Å². The van der Waals surface area contributed by atoms with Crippen LogP contribution in [0.15, 0.2) is 64.9 Å². The number of terminal acetylenes is 1. The molecular formula is C17H17N3. The van der Waals surface area contributed by atoms with E-state index in [0.29, 0.717) is 0 Å². The molecule has 0 saturated heterocycles. The molecule has 3 nitrogen and oxygen atoms in total. The van der Waals surface area contributed by atoms with Crippen molar-refractivity contribution in [2.45, 2.75) is 13.5 Å². The van der Waals surface area contributed by atoms with E-state index in [1.54, 1.807) is 0 Å². The molecule has 0 fully saturated rings. The molecule has 0 radical (unpaired) electrons. The highest BCUT2D eigenvalue weighted by molar-refractivity contribution is 5.43. The third-order valence-corrected chi connectivity index (χ3v) is 2.89. The van der Waals surface area contributed by atoms with Crippen molar-refractivity contribution in [1.29, 1.82) is 0 Å². The lowest BCUT2D eigenvalue weighted by atomic mass is 10.2. The van der Waals surface area contributed by atoms with Crippen molar-refractivity contribution >= 4 is 5.69 Å². The van der Waals surface area contributed by atoms with Crippen LogP contribution in [-0.4, -0.2) is 11.6 Å². The predicted molar refractivity (Wildman–Crippen MR) is 81.4 cm³/mol. The van der Waals surface area contributed by atoms with Gasteiger partial charge in [0.05, 0.1) is 12.2 Å². The summed E-state index contributed by atoms with van der Waals surface area (Å²) in [6.45, 7) is 3.62. The fraction of sp³-hybridized carbons (Fsp3) is 0.176. The molecule has 0 unspecified atom stereocenters. The molecule has 0 atom stereocenters. The first kappa shape index (κ1) is 13.8. The van der Waals surface area contributed by atoms with Crippen LogP contribution in [-0.2, 0) is 6.54 Å². The average molecular weight is 263 g/mol. The van der Waals surface area contributed by atoms with Crippen LogP contribution < -0.4 is 0 Å². The Bertz CT molecular complexity index is 594. The molecule has 20 heavy (non-hydrogen) atoms. The minimum atomic E-state index is 0.753. The molecule has 0 aliphatic heterocycles. The lowest BCUT2D eigenvalue weighted by Crippen LogP contribution is -2.15. The van der Waals surface area contributed by atoms with Crippen molar-refractivity contribution < 1.29 is 0 Å². The van der Waals surface area contributed by atoms with Gasteiger partial charge >= 0.3 is 0 Å². The van der Waals surface area contributed by atoms with Crippen LogP contribution in [0.5, 0.6) is 0 Å². The van der Waals surface area contributed by atoms with E-state index in [0.717, 1.165) is 24.3 Å². The Morgan fingerprint density at radius 1 is 1.05 bits per heavy atom. The second kappa shape index (κ2) is 7.10. The SMILES string of the molecule is C#Cc1ccc(N=NN(CC)Cc2ccccc2)cc1. The average Bonchev–Trinajstić information content (AvgIpc) is 2.53. The van der Waals surface area contributed by atoms with Gasteiger partial charge in [-0.05, 0) is 36.8 Å². The number of nitrogens with zero attached hydrogens (tertiary/aromatic N) is 3. The van der Waals surface area contributed by atoms with Gasteiger partial charge in [0.15, 0.2) is 0 Å².